The van der Waals surface area contributed by atoms with E-state index in [1.165, 1.54) is 29.5 Å². The van der Waals surface area contributed by atoms with Gasteiger partial charge in [0.05, 0.1) is 10.2 Å². The monoisotopic (exact) mass is 274 g/mol. The van der Waals surface area contributed by atoms with Gasteiger partial charge in [0.25, 0.3) is 0 Å². The lowest BCUT2D eigenvalue weighted by Gasteiger charge is -2.07. The number of anilines is 1. The summed E-state index contributed by atoms with van der Waals surface area (Å²) in [7, 11) is 0. The number of hydrogen-bond acceptors (Lipinski definition) is 4. The van der Waals surface area contributed by atoms with Gasteiger partial charge in [-0.05, 0) is 12.1 Å². The predicted octanol–water partition coefficient (Wildman–Crippen LogP) is 3.79. The van der Waals surface area contributed by atoms with Crippen molar-refractivity contribution >= 4 is 26.7 Å². The third-order valence-corrected chi connectivity index (χ3v) is 2.97. The van der Waals surface area contributed by atoms with Crippen LogP contribution in [-0.2, 0) is 0 Å². The average Bonchev–Trinajstić information content (AvgIpc) is 2.66. The molecule has 0 amide bonds. The predicted molar refractivity (Wildman–Crippen MR) is 65.0 cm³/mol. The van der Waals surface area contributed by atoms with Crippen LogP contribution >= 0.6 is 11.3 Å². The summed E-state index contributed by atoms with van der Waals surface area (Å²) in [6, 6.07) is 4.05. The summed E-state index contributed by atoms with van der Waals surface area (Å²) in [5, 5.41) is 3.61. The van der Waals surface area contributed by atoms with Crippen LogP contribution in [0.25, 0.3) is 10.2 Å². The van der Waals surface area contributed by atoms with Gasteiger partial charge in [-0.25, -0.2) is 4.98 Å². The number of alkyl halides is 3. The fraction of sp³-hybridized carbons (Fsp3) is 0.182. The Morgan fingerprint density at radius 2 is 2.22 bits per heavy atom. The Kier molecular flexibility index (Phi) is 3.42. The highest BCUT2D eigenvalue weighted by molar-refractivity contribution is 7.22. The van der Waals surface area contributed by atoms with E-state index in [0.29, 0.717) is 21.9 Å². The number of halogens is 3. The molecule has 3 nitrogen and oxygen atoms in total. The van der Waals surface area contributed by atoms with Gasteiger partial charge in [-0.2, -0.15) is 0 Å². The molecule has 0 aliphatic rings. The number of nitrogens with zero attached hydrogens (tertiary/aromatic N) is 1. The zero-order valence-corrected chi connectivity index (χ0v) is 9.94. The molecule has 1 aromatic carbocycles. The first kappa shape index (κ1) is 12.7. The van der Waals surface area contributed by atoms with E-state index in [0.717, 1.165) is 0 Å². The molecule has 96 valence electrons. The van der Waals surface area contributed by atoms with Gasteiger partial charge >= 0.3 is 6.36 Å². The second kappa shape index (κ2) is 4.85. The number of thiazole rings is 1. The molecular formula is C11H9F3N2OS. The summed E-state index contributed by atoms with van der Waals surface area (Å²) < 4.78 is 40.6. The average molecular weight is 274 g/mol. The molecule has 1 N–H and O–H groups in total. The number of rotatable bonds is 4. The maximum atomic E-state index is 12.1. The lowest BCUT2D eigenvalue weighted by Crippen LogP contribution is -2.16. The third-order valence-electron chi connectivity index (χ3n) is 1.99. The van der Waals surface area contributed by atoms with E-state index < -0.39 is 6.36 Å². The van der Waals surface area contributed by atoms with Crippen LogP contribution in [0.3, 0.4) is 0 Å². The number of nitrogens with one attached hydrogen (secondary N) is 1. The number of fused-ring (bicyclic) bond motifs is 1. The minimum Gasteiger partial charge on any atom is -0.406 e. The van der Waals surface area contributed by atoms with Crippen LogP contribution in [0.2, 0.25) is 0 Å². The second-order valence-electron chi connectivity index (χ2n) is 3.37. The number of benzene rings is 1. The zero-order chi connectivity index (χ0) is 13.2. The standard InChI is InChI=1S/C11H9F3N2OS/c1-2-5-15-10-16-8-4-3-7(6-9(8)18-10)17-11(12,13)14/h2-4,6H,1,5H2,(H,15,16). The Morgan fingerprint density at radius 1 is 1.44 bits per heavy atom. The Bertz CT molecular complexity index is 565. The summed E-state index contributed by atoms with van der Waals surface area (Å²) in [4.78, 5) is 4.21. The minimum atomic E-state index is -4.68. The molecular weight excluding hydrogens is 265 g/mol. The van der Waals surface area contributed by atoms with Gasteiger partial charge in [-0.3, -0.25) is 0 Å². The van der Waals surface area contributed by atoms with E-state index >= 15 is 0 Å². The first-order chi connectivity index (χ1) is 8.48. The number of ether oxygens (including phenoxy) is 1. The lowest BCUT2D eigenvalue weighted by molar-refractivity contribution is -0.274. The van der Waals surface area contributed by atoms with Crippen molar-refractivity contribution in [2.24, 2.45) is 0 Å². The van der Waals surface area contributed by atoms with Gasteiger partial charge in [0.1, 0.15) is 5.75 Å². The quantitative estimate of drug-likeness (QED) is 0.861. The van der Waals surface area contributed by atoms with Gasteiger partial charge in [0, 0.05) is 12.6 Å². The fourth-order valence-electron chi connectivity index (χ4n) is 1.34. The normalized spacial score (nSPS) is 11.5. The molecule has 2 rings (SSSR count). The van der Waals surface area contributed by atoms with Gasteiger partial charge in [0.15, 0.2) is 5.13 Å². The smallest absolute Gasteiger partial charge is 0.406 e. The molecule has 7 heteroatoms. The first-order valence-electron chi connectivity index (χ1n) is 4.99. The van der Waals surface area contributed by atoms with E-state index in [-0.39, 0.29) is 5.75 Å². The summed E-state index contributed by atoms with van der Waals surface area (Å²) in [5.74, 6) is -0.242. The van der Waals surface area contributed by atoms with E-state index in [2.05, 4.69) is 21.6 Å². The molecule has 1 heterocycles. The highest BCUT2D eigenvalue weighted by Gasteiger charge is 2.31. The van der Waals surface area contributed by atoms with E-state index in [9.17, 15) is 13.2 Å². The van der Waals surface area contributed by atoms with Crippen molar-refractivity contribution in [3.63, 3.8) is 0 Å². The van der Waals surface area contributed by atoms with Gasteiger partial charge in [-0.15, -0.1) is 19.8 Å². The van der Waals surface area contributed by atoms with Crippen LogP contribution in [0.5, 0.6) is 5.75 Å². The van der Waals surface area contributed by atoms with E-state index in [4.69, 9.17) is 0 Å². The molecule has 2 aromatic rings. The Balaban J connectivity index is 2.25. The van der Waals surface area contributed by atoms with Gasteiger partial charge in [-0.1, -0.05) is 17.4 Å². The maximum absolute atomic E-state index is 12.1. The van der Waals surface area contributed by atoms with Crippen molar-refractivity contribution in [2.45, 2.75) is 6.36 Å². The molecule has 0 atom stereocenters. The Labute approximate surface area is 105 Å². The fourth-order valence-corrected chi connectivity index (χ4v) is 2.24. The molecule has 0 spiro atoms. The van der Waals surface area contributed by atoms with E-state index in [1.54, 1.807) is 6.08 Å². The summed E-state index contributed by atoms with van der Waals surface area (Å²) in [6.07, 6.45) is -3.01. The molecule has 0 radical (unpaired) electrons. The molecule has 0 aliphatic heterocycles. The molecule has 0 saturated heterocycles. The maximum Gasteiger partial charge on any atom is 0.573 e. The van der Waals surface area contributed by atoms with Gasteiger partial charge < -0.3 is 10.1 Å². The highest BCUT2D eigenvalue weighted by atomic mass is 32.1. The van der Waals surface area contributed by atoms with Crippen LogP contribution in [-0.4, -0.2) is 17.9 Å². The molecule has 0 saturated carbocycles. The SMILES string of the molecule is C=CCNc1nc2ccc(OC(F)(F)F)cc2s1. The largest absolute Gasteiger partial charge is 0.573 e. The minimum absolute atomic E-state index is 0.242. The van der Waals surface area contributed by atoms with Crippen molar-refractivity contribution in [2.75, 3.05) is 11.9 Å². The van der Waals surface area contributed by atoms with Crippen molar-refractivity contribution in [1.29, 1.82) is 0 Å². The highest BCUT2D eigenvalue weighted by Crippen LogP contribution is 2.31. The first-order valence-corrected chi connectivity index (χ1v) is 5.81. The van der Waals surface area contributed by atoms with E-state index in [1.807, 2.05) is 0 Å². The van der Waals surface area contributed by atoms with Crippen molar-refractivity contribution in [1.82, 2.24) is 4.98 Å². The molecule has 0 bridgehead atoms. The molecule has 0 unspecified atom stereocenters. The van der Waals surface area contributed by atoms with Crippen LogP contribution < -0.4 is 10.1 Å². The van der Waals surface area contributed by atoms with Crippen LogP contribution in [0.4, 0.5) is 18.3 Å². The summed E-state index contributed by atoms with van der Waals surface area (Å²) in [5.41, 5.74) is 0.626. The number of hydrogen-bond donors (Lipinski definition) is 1. The Morgan fingerprint density at radius 3 is 2.89 bits per heavy atom. The lowest BCUT2D eigenvalue weighted by atomic mass is 10.3. The van der Waals surface area contributed by atoms with Crippen LogP contribution in [0, 0.1) is 0 Å². The second-order valence-corrected chi connectivity index (χ2v) is 4.40. The van der Waals surface area contributed by atoms with Crippen LogP contribution in [0.15, 0.2) is 30.9 Å². The number of aromatic nitrogens is 1. The molecule has 0 fully saturated rings. The van der Waals surface area contributed by atoms with Crippen molar-refractivity contribution in [3.05, 3.63) is 30.9 Å². The molecule has 18 heavy (non-hydrogen) atoms. The Hall–Kier alpha value is -1.76. The van der Waals surface area contributed by atoms with Crippen molar-refractivity contribution in [3.8, 4) is 5.75 Å². The van der Waals surface area contributed by atoms with Gasteiger partial charge in [0.2, 0.25) is 0 Å². The zero-order valence-electron chi connectivity index (χ0n) is 9.12. The van der Waals surface area contributed by atoms with Crippen molar-refractivity contribution < 1.29 is 17.9 Å². The summed E-state index contributed by atoms with van der Waals surface area (Å²) in [6.45, 7) is 4.10. The molecule has 0 aliphatic carbocycles. The van der Waals surface area contributed by atoms with Crippen LogP contribution in [0.1, 0.15) is 0 Å². The summed E-state index contributed by atoms with van der Waals surface area (Å²) >= 11 is 1.26. The topological polar surface area (TPSA) is 34.2 Å². The third kappa shape index (κ3) is 3.13. The molecule has 1 aromatic heterocycles.